The molecule has 20 heavy (non-hydrogen) atoms. The van der Waals surface area contributed by atoms with E-state index in [2.05, 4.69) is 15.6 Å². The summed E-state index contributed by atoms with van der Waals surface area (Å²) in [6.07, 6.45) is 3.37. The number of nitrogens with one attached hydrogen (secondary N) is 2. The highest BCUT2D eigenvalue weighted by Crippen LogP contribution is 2.16. The van der Waals surface area contributed by atoms with Crippen LogP contribution in [0.5, 0.6) is 0 Å². The zero-order valence-electron chi connectivity index (χ0n) is 10.4. The molecule has 3 aromatic rings. The van der Waals surface area contributed by atoms with Gasteiger partial charge in [-0.05, 0) is 30.3 Å². The van der Waals surface area contributed by atoms with Gasteiger partial charge >= 0.3 is 6.03 Å². The Morgan fingerprint density at radius 1 is 1.15 bits per heavy atom. The predicted molar refractivity (Wildman–Crippen MR) is 79.3 cm³/mol. The van der Waals surface area contributed by atoms with Crippen molar-refractivity contribution in [3.05, 3.63) is 60.0 Å². The maximum atomic E-state index is 12.0. The van der Waals surface area contributed by atoms with Crippen LogP contribution >= 0.6 is 11.6 Å². The van der Waals surface area contributed by atoms with Crippen molar-refractivity contribution in [3.8, 4) is 0 Å². The Morgan fingerprint density at radius 3 is 2.85 bits per heavy atom. The lowest BCUT2D eigenvalue weighted by Gasteiger charge is -2.09. The smallest absolute Gasteiger partial charge is 0.308 e. The van der Waals surface area contributed by atoms with E-state index in [4.69, 9.17) is 11.6 Å². The van der Waals surface area contributed by atoms with Crippen LogP contribution in [0.1, 0.15) is 0 Å². The van der Waals surface area contributed by atoms with Gasteiger partial charge in [0.25, 0.3) is 0 Å². The predicted octanol–water partition coefficient (Wildman–Crippen LogP) is 3.63. The maximum absolute atomic E-state index is 12.0. The molecule has 0 fully saturated rings. The summed E-state index contributed by atoms with van der Waals surface area (Å²) in [4.78, 5) is 16.0. The molecule has 6 heteroatoms. The fourth-order valence-electron chi connectivity index (χ4n) is 1.89. The molecular weight excluding hydrogens is 276 g/mol. The molecule has 0 aliphatic rings. The van der Waals surface area contributed by atoms with Crippen LogP contribution in [0.3, 0.4) is 0 Å². The zero-order valence-corrected chi connectivity index (χ0v) is 11.1. The third kappa shape index (κ3) is 2.57. The standard InChI is InChI=1S/C14H11ClN4O/c15-10-3-1-4-11(7-10)17-14(20)18-13-6-2-5-12-8-16-9-19(12)13/h1-9H,(H2,17,18,20). The minimum atomic E-state index is -0.339. The molecule has 0 unspecified atom stereocenters. The Bertz CT molecular complexity index is 768. The second kappa shape index (κ2) is 5.22. The van der Waals surface area contributed by atoms with Crippen molar-refractivity contribution < 1.29 is 4.79 Å². The number of rotatable bonds is 2. The Labute approximate surface area is 120 Å². The second-order valence-electron chi connectivity index (χ2n) is 4.19. The highest BCUT2D eigenvalue weighted by Gasteiger charge is 2.06. The largest absolute Gasteiger partial charge is 0.324 e. The number of hydrogen-bond acceptors (Lipinski definition) is 2. The Kier molecular flexibility index (Phi) is 3.26. The summed E-state index contributed by atoms with van der Waals surface area (Å²) >= 11 is 5.87. The minimum absolute atomic E-state index is 0.339. The van der Waals surface area contributed by atoms with E-state index in [1.807, 2.05) is 12.1 Å². The molecule has 0 aliphatic carbocycles. The average Bonchev–Trinajstić information content (AvgIpc) is 2.88. The molecule has 2 amide bonds. The number of nitrogens with zero attached hydrogens (tertiary/aromatic N) is 2. The average molecular weight is 287 g/mol. The van der Waals surface area contributed by atoms with Gasteiger partial charge in [0, 0.05) is 10.7 Å². The van der Waals surface area contributed by atoms with Gasteiger partial charge in [-0.3, -0.25) is 9.72 Å². The molecule has 3 rings (SSSR count). The van der Waals surface area contributed by atoms with Crippen LogP contribution in [-0.2, 0) is 0 Å². The summed E-state index contributed by atoms with van der Waals surface area (Å²) in [7, 11) is 0. The maximum Gasteiger partial charge on any atom is 0.324 e. The van der Waals surface area contributed by atoms with E-state index in [0.717, 1.165) is 5.52 Å². The number of aromatic nitrogens is 2. The first-order chi connectivity index (χ1) is 9.72. The van der Waals surface area contributed by atoms with Gasteiger partial charge in [-0.1, -0.05) is 23.7 Å². The Hall–Kier alpha value is -2.53. The number of fused-ring (bicyclic) bond motifs is 1. The van der Waals surface area contributed by atoms with E-state index in [9.17, 15) is 4.79 Å². The topological polar surface area (TPSA) is 58.4 Å². The molecule has 0 bridgehead atoms. The van der Waals surface area contributed by atoms with Crippen LogP contribution in [-0.4, -0.2) is 15.4 Å². The molecule has 1 aromatic carbocycles. The molecule has 0 saturated heterocycles. The number of benzene rings is 1. The summed E-state index contributed by atoms with van der Waals surface area (Å²) in [5.74, 6) is 0.638. The highest BCUT2D eigenvalue weighted by molar-refractivity contribution is 6.30. The lowest BCUT2D eigenvalue weighted by atomic mass is 10.3. The van der Waals surface area contributed by atoms with Gasteiger partial charge in [0.2, 0.25) is 0 Å². The molecule has 100 valence electrons. The SMILES string of the molecule is O=C(Nc1cccc(Cl)c1)Nc1cccc2cncn12. The first-order valence-electron chi connectivity index (χ1n) is 5.97. The zero-order chi connectivity index (χ0) is 13.9. The van der Waals surface area contributed by atoms with Crippen molar-refractivity contribution >= 4 is 34.7 Å². The lowest BCUT2D eigenvalue weighted by molar-refractivity contribution is 0.262. The number of anilines is 2. The van der Waals surface area contributed by atoms with Gasteiger partial charge in [-0.25, -0.2) is 9.78 Å². The van der Waals surface area contributed by atoms with E-state index in [1.165, 1.54) is 0 Å². The van der Waals surface area contributed by atoms with Crippen molar-refractivity contribution in [1.29, 1.82) is 0 Å². The summed E-state index contributed by atoms with van der Waals surface area (Å²) in [5, 5.41) is 6.06. The van der Waals surface area contributed by atoms with E-state index < -0.39 is 0 Å². The van der Waals surface area contributed by atoms with Gasteiger partial charge in [0.1, 0.15) is 12.1 Å². The molecule has 0 saturated carbocycles. The van der Waals surface area contributed by atoms with Gasteiger partial charge in [-0.2, -0.15) is 0 Å². The lowest BCUT2D eigenvalue weighted by Crippen LogP contribution is -2.20. The second-order valence-corrected chi connectivity index (χ2v) is 4.63. The number of imidazole rings is 1. The molecule has 2 aromatic heterocycles. The fourth-order valence-corrected chi connectivity index (χ4v) is 2.09. The van der Waals surface area contributed by atoms with Crippen molar-refractivity contribution in [2.45, 2.75) is 0 Å². The number of pyridine rings is 1. The van der Waals surface area contributed by atoms with E-state index >= 15 is 0 Å². The van der Waals surface area contributed by atoms with Crippen LogP contribution in [0.15, 0.2) is 55.0 Å². The molecule has 0 aliphatic heterocycles. The van der Waals surface area contributed by atoms with E-state index in [0.29, 0.717) is 16.5 Å². The number of urea groups is 1. The van der Waals surface area contributed by atoms with Crippen LogP contribution in [0.2, 0.25) is 5.02 Å². The summed E-state index contributed by atoms with van der Waals surface area (Å²) in [5.41, 5.74) is 1.54. The summed E-state index contributed by atoms with van der Waals surface area (Å²) in [6, 6.07) is 12.2. The normalized spacial score (nSPS) is 10.4. The van der Waals surface area contributed by atoms with Crippen molar-refractivity contribution in [2.75, 3.05) is 10.6 Å². The Balaban J connectivity index is 1.77. The molecular formula is C14H11ClN4O. The third-order valence-electron chi connectivity index (χ3n) is 2.77. The number of carbonyl (C=O) groups excluding carboxylic acids is 1. The fraction of sp³-hybridized carbons (Fsp3) is 0. The van der Waals surface area contributed by atoms with Crippen LogP contribution in [0.4, 0.5) is 16.3 Å². The van der Waals surface area contributed by atoms with Crippen molar-refractivity contribution in [2.24, 2.45) is 0 Å². The van der Waals surface area contributed by atoms with Gasteiger partial charge in [0.15, 0.2) is 0 Å². The third-order valence-corrected chi connectivity index (χ3v) is 3.01. The van der Waals surface area contributed by atoms with E-state index in [1.54, 1.807) is 47.3 Å². The van der Waals surface area contributed by atoms with Gasteiger partial charge < -0.3 is 5.32 Å². The summed E-state index contributed by atoms with van der Waals surface area (Å²) in [6.45, 7) is 0. The van der Waals surface area contributed by atoms with E-state index in [-0.39, 0.29) is 6.03 Å². The summed E-state index contributed by atoms with van der Waals surface area (Å²) < 4.78 is 1.79. The van der Waals surface area contributed by atoms with Gasteiger partial charge in [0.05, 0.1) is 11.7 Å². The quantitative estimate of drug-likeness (QED) is 0.756. The van der Waals surface area contributed by atoms with Crippen molar-refractivity contribution in [3.63, 3.8) is 0 Å². The van der Waals surface area contributed by atoms with Crippen LogP contribution in [0.25, 0.3) is 5.52 Å². The highest BCUT2D eigenvalue weighted by atomic mass is 35.5. The molecule has 2 N–H and O–H groups in total. The van der Waals surface area contributed by atoms with Crippen LogP contribution < -0.4 is 10.6 Å². The Morgan fingerprint density at radius 2 is 2.00 bits per heavy atom. The molecule has 5 nitrogen and oxygen atoms in total. The monoisotopic (exact) mass is 286 g/mol. The number of hydrogen-bond donors (Lipinski definition) is 2. The van der Waals surface area contributed by atoms with Crippen molar-refractivity contribution in [1.82, 2.24) is 9.38 Å². The number of carbonyl (C=O) groups is 1. The molecule has 0 atom stereocenters. The van der Waals surface area contributed by atoms with Crippen LogP contribution in [0, 0.1) is 0 Å². The molecule has 0 spiro atoms. The first-order valence-corrected chi connectivity index (χ1v) is 6.35. The number of amides is 2. The minimum Gasteiger partial charge on any atom is -0.308 e. The first kappa shape index (κ1) is 12.5. The molecule has 2 heterocycles. The number of halogens is 1. The molecule has 0 radical (unpaired) electrons. The van der Waals surface area contributed by atoms with Gasteiger partial charge in [-0.15, -0.1) is 0 Å².